The highest BCUT2D eigenvalue weighted by Crippen LogP contribution is 2.42. The van der Waals surface area contributed by atoms with Crippen LogP contribution in [0.15, 0.2) is 42.3 Å². The molecule has 0 unspecified atom stereocenters. The van der Waals surface area contributed by atoms with Gasteiger partial charge >= 0.3 is 0 Å². The average Bonchev–Trinajstić information content (AvgIpc) is 3.65. The summed E-state index contributed by atoms with van der Waals surface area (Å²) in [6.07, 6.45) is 6.00. The number of amides is 1. The molecule has 202 valence electrons. The molecule has 2 aliphatic rings. The van der Waals surface area contributed by atoms with Crippen LogP contribution in [0, 0.1) is 11.8 Å². The number of carbonyl (C=O) groups is 2. The zero-order valence-electron chi connectivity index (χ0n) is 21.7. The molecule has 1 fully saturated rings. The molecule has 2 heterocycles. The zero-order valence-corrected chi connectivity index (χ0v) is 21.7. The number of fused-ring (bicyclic) bond motifs is 1. The Morgan fingerprint density at radius 1 is 1.14 bits per heavy atom. The number of hydrogen-bond donors (Lipinski definition) is 2. The van der Waals surface area contributed by atoms with Crippen molar-refractivity contribution in [3.63, 3.8) is 0 Å². The van der Waals surface area contributed by atoms with Crippen molar-refractivity contribution in [2.75, 3.05) is 46.2 Å². The number of rotatable bonds is 14. The minimum absolute atomic E-state index is 0.0199. The molecule has 1 saturated carbocycles. The standard InChI is InChI=1S/C28H38N2O7/c1-3-36-28-22(10-12-34-14-15-35-13-11-31)23(16-26(37-28)27(33)29-17-20-8-9-20)24-18-30(19(2)32)25-7-5-4-6-21(24)25/h4-7,16,18,20,22-23,28,31H,3,8-15,17H2,1-2H3,(H,29,33)/t22-,23-,28+/m1/s1. The maximum atomic E-state index is 13.1. The van der Waals surface area contributed by atoms with Crippen LogP contribution in [0.5, 0.6) is 0 Å². The molecular weight excluding hydrogens is 476 g/mol. The van der Waals surface area contributed by atoms with Gasteiger partial charge in [0.05, 0.1) is 31.9 Å². The highest BCUT2D eigenvalue weighted by atomic mass is 16.7. The predicted octanol–water partition coefficient (Wildman–Crippen LogP) is 3.22. The van der Waals surface area contributed by atoms with E-state index in [0.717, 1.165) is 29.3 Å². The summed E-state index contributed by atoms with van der Waals surface area (Å²) in [6, 6.07) is 7.79. The largest absolute Gasteiger partial charge is 0.459 e. The first-order valence-electron chi connectivity index (χ1n) is 13.2. The Morgan fingerprint density at radius 3 is 2.59 bits per heavy atom. The van der Waals surface area contributed by atoms with Gasteiger partial charge < -0.3 is 29.4 Å². The monoisotopic (exact) mass is 514 g/mol. The highest BCUT2D eigenvalue weighted by molar-refractivity contribution is 5.95. The lowest BCUT2D eigenvalue weighted by atomic mass is 9.81. The molecule has 1 amide bonds. The number of benzene rings is 1. The molecule has 0 bridgehead atoms. The molecule has 1 aromatic carbocycles. The van der Waals surface area contributed by atoms with Crippen LogP contribution in [-0.2, 0) is 23.7 Å². The minimum atomic E-state index is -0.643. The summed E-state index contributed by atoms with van der Waals surface area (Å²) in [6.45, 7) is 6.02. The molecule has 4 rings (SSSR count). The Labute approximate surface area is 217 Å². The quantitative estimate of drug-likeness (QED) is 0.373. The number of nitrogens with zero attached hydrogens (tertiary/aromatic N) is 1. The van der Waals surface area contributed by atoms with Crippen molar-refractivity contribution in [2.24, 2.45) is 11.8 Å². The van der Waals surface area contributed by atoms with E-state index in [9.17, 15) is 9.59 Å². The van der Waals surface area contributed by atoms with Crippen LogP contribution in [0.2, 0.25) is 0 Å². The fraction of sp³-hybridized carbons (Fsp3) is 0.571. The number of aliphatic hydroxyl groups excluding tert-OH is 1. The van der Waals surface area contributed by atoms with E-state index in [1.54, 1.807) is 11.5 Å². The van der Waals surface area contributed by atoms with Gasteiger partial charge in [0.15, 0.2) is 5.76 Å². The number of nitrogens with one attached hydrogen (secondary N) is 1. The highest BCUT2D eigenvalue weighted by Gasteiger charge is 2.39. The topological polar surface area (TPSA) is 108 Å². The molecule has 9 nitrogen and oxygen atoms in total. The molecule has 1 aliphatic heterocycles. The van der Waals surface area contributed by atoms with E-state index in [-0.39, 0.29) is 42.6 Å². The molecule has 9 heteroatoms. The summed E-state index contributed by atoms with van der Waals surface area (Å²) in [5.41, 5.74) is 1.77. The van der Waals surface area contributed by atoms with Gasteiger partial charge in [-0.15, -0.1) is 0 Å². The molecule has 0 spiro atoms. The Morgan fingerprint density at radius 2 is 1.89 bits per heavy atom. The molecular formula is C28H38N2O7. The van der Waals surface area contributed by atoms with Crippen molar-refractivity contribution in [1.29, 1.82) is 0 Å². The van der Waals surface area contributed by atoms with Crippen LogP contribution >= 0.6 is 0 Å². The molecule has 1 aliphatic carbocycles. The van der Waals surface area contributed by atoms with Gasteiger partial charge in [-0.2, -0.15) is 0 Å². The summed E-state index contributed by atoms with van der Waals surface area (Å²) >= 11 is 0. The number of carbonyl (C=O) groups excluding carboxylic acids is 2. The van der Waals surface area contributed by atoms with Crippen LogP contribution in [0.3, 0.4) is 0 Å². The summed E-state index contributed by atoms with van der Waals surface area (Å²) in [5, 5.41) is 12.8. The average molecular weight is 515 g/mol. The normalized spacial score (nSPS) is 21.5. The molecule has 0 saturated heterocycles. The Hall–Kier alpha value is -2.72. The maximum absolute atomic E-state index is 13.1. The van der Waals surface area contributed by atoms with E-state index >= 15 is 0 Å². The lowest BCUT2D eigenvalue weighted by Gasteiger charge is -2.36. The third-order valence-electron chi connectivity index (χ3n) is 6.83. The van der Waals surface area contributed by atoms with Gasteiger partial charge in [-0.3, -0.25) is 14.2 Å². The Bertz CT molecular complexity index is 1090. The van der Waals surface area contributed by atoms with Crippen LogP contribution in [0.4, 0.5) is 0 Å². The second-order valence-corrected chi connectivity index (χ2v) is 9.54. The summed E-state index contributed by atoms with van der Waals surface area (Å²) < 4.78 is 24.9. The molecule has 2 N–H and O–H groups in total. The van der Waals surface area contributed by atoms with Gasteiger partial charge in [0.1, 0.15) is 0 Å². The fourth-order valence-corrected chi connectivity index (χ4v) is 4.78. The zero-order chi connectivity index (χ0) is 26.2. The molecule has 0 radical (unpaired) electrons. The minimum Gasteiger partial charge on any atom is -0.459 e. The summed E-state index contributed by atoms with van der Waals surface area (Å²) in [5.74, 6) is 0.0959. The molecule has 3 atom stereocenters. The number of hydrogen-bond acceptors (Lipinski definition) is 7. The first-order chi connectivity index (χ1) is 18.0. The number of allylic oxidation sites excluding steroid dienone is 1. The third-order valence-corrected chi connectivity index (χ3v) is 6.83. The number of aliphatic hydroxyl groups is 1. The van der Waals surface area contributed by atoms with Gasteiger partial charge in [-0.05, 0) is 49.8 Å². The Kier molecular flexibility index (Phi) is 9.74. The van der Waals surface area contributed by atoms with Crippen molar-refractivity contribution in [2.45, 2.75) is 45.3 Å². The van der Waals surface area contributed by atoms with Crippen molar-refractivity contribution in [1.82, 2.24) is 9.88 Å². The van der Waals surface area contributed by atoms with E-state index in [2.05, 4.69) is 5.32 Å². The second kappa shape index (κ2) is 13.2. The number of para-hydroxylation sites is 1. The van der Waals surface area contributed by atoms with Crippen LogP contribution in [-0.4, -0.2) is 74.0 Å². The SMILES string of the molecule is CCO[C@H]1OC(C(=O)NCC2CC2)=C[C@@H](c2cn(C(C)=O)c3ccccc23)[C@H]1CCOCCOCCO. The molecule has 1 aromatic heterocycles. The number of ether oxygens (including phenoxy) is 4. The van der Waals surface area contributed by atoms with Gasteiger partial charge in [-0.1, -0.05) is 18.2 Å². The lowest BCUT2D eigenvalue weighted by Crippen LogP contribution is -2.39. The number of aromatic nitrogens is 1. The predicted molar refractivity (Wildman–Crippen MR) is 138 cm³/mol. The Balaban J connectivity index is 1.62. The van der Waals surface area contributed by atoms with E-state index < -0.39 is 6.29 Å². The van der Waals surface area contributed by atoms with Crippen LogP contribution in [0.25, 0.3) is 10.9 Å². The van der Waals surface area contributed by atoms with Crippen LogP contribution in [0.1, 0.15) is 49.4 Å². The van der Waals surface area contributed by atoms with Crippen molar-refractivity contribution in [3.8, 4) is 0 Å². The summed E-state index contributed by atoms with van der Waals surface area (Å²) in [7, 11) is 0. The third kappa shape index (κ3) is 6.98. The smallest absolute Gasteiger partial charge is 0.286 e. The second-order valence-electron chi connectivity index (χ2n) is 9.54. The van der Waals surface area contributed by atoms with Crippen molar-refractivity contribution < 1.29 is 33.6 Å². The maximum Gasteiger partial charge on any atom is 0.286 e. The van der Waals surface area contributed by atoms with Gasteiger partial charge in [0, 0.05) is 50.1 Å². The van der Waals surface area contributed by atoms with Crippen molar-refractivity contribution >= 4 is 22.7 Å². The summed E-state index contributed by atoms with van der Waals surface area (Å²) in [4.78, 5) is 25.5. The van der Waals surface area contributed by atoms with Crippen molar-refractivity contribution in [3.05, 3.63) is 47.9 Å². The van der Waals surface area contributed by atoms with Gasteiger partial charge in [-0.25, -0.2) is 0 Å². The van der Waals surface area contributed by atoms with Gasteiger partial charge in [0.2, 0.25) is 12.2 Å². The fourth-order valence-electron chi connectivity index (χ4n) is 4.78. The van der Waals surface area contributed by atoms with E-state index in [0.29, 0.717) is 45.3 Å². The van der Waals surface area contributed by atoms with Gasteiger partial charge in [0.25, 0.3) is 5.91 Å². The molecule has 2 aromatic rings. The first-order valence-corrected chi connectivity index (χ1v) is 13.2. The molecule has 37 heavy (non-hydrogen) atoms. The first kappa shape index (κ1) is 27.3. The van der Waals surface area contributed by atoms with Crippen LogP contribution < -0.4 is 5.32 Å². The van der Waals surface area contributed by atoms with E-state index in [1.165, 1.54) is 0 Å². The van der Waals surface area contributed by atoms with E-state index in [1.807, 2.05) is 43.5 Å². The lowest BCUT2D eigenvalue weighted by molar-refractivity contribution is -0.168. The van der Waals surface area contributed by atoms with E-state index in [4.69, 9.17) is 24.1 Å².